The third-order valence-electron chi connectivity index (χ3n) is 4.71. The molecule has 11 heteroatoms. The molecule has 0 spiro atoms. The van der Waals surface area contributed by atoms with Crippen LogP contribution in [0.4, 0.5) is 8.78 Å². The molecule has 1 aromatic carbocycles. The molecule has 170 valence electrons. The number of pyridine rings is 1. The molecule has 0 fully saturated rings. The van der Waals surface area contributed by atoms with Gasteiger partial charge in [0.25, 0.3) is 0 Å². The van der Waals surface area contributed by atoms with E-state index in [1.807, 2.05) is 19.1 Å². The molecule has 0 unspecified atom stereocenters. The predicted octanol–water partition coefficient (Wildman–Crippen LogP) is 3.60. The summed E-state index contributed by atoms with van der Waals surface area (Å²) in [4.78, 5) is 22.3. The SMILES string of the molecule is C=C(NCc1cccnc1)c1sc(-n2cnn(Cc3ccc(OC(F)F)cc3)c2=O)nc1C. The number of nitrogens with zero attached hydrogens (tertiary/aromatic N) is 5. The minimum atomic E-state index is -2.89. The molecular formula is C22H20F2N6O2S. The van der Waals surface area contributed by atoms with Crippen molar-refractivity contribution in [1.29, 1.82) is 0 Å². The second-order valence-corrected chi connectivity index (χ2v) is 8.05. The summed E-state index contributed by atoms with van der Waals surface area (Å²) < 4.78 is 31.6. The number of thiazole rings is 1. The first-order chi connectivity index (χ1) is 15.9. The van der Waals surface area contributed by atoms with Crippen LogP contribution in [-0.4, -0.2) is 30.9 Å². The number of aromatic nitrogens is 5. The fourth-order valence-corrected chi connectivity index (χ4v) is 4.06. The number of nitrogens with one attached hydrogen (secondary N) is 1. The lowest BCUT2D eigenvalue weighted by Crippen LogP contribution is -2.24. The Morgan fingerprint density at radius 1 is 1.24 bits per heavy atom. The van der Waals surface area contributed by atoms with E-state index in [0.29, 0.717) is 22.9 Å². The Balaban J connectivity index is 1.47. The lowest BCUT2D eigenvalue weighted by Gasteiger charge is -2.07. The first-order valence-electron chi connectivity index (χ1n) is 9.89. The van der Waals surface area contributed by atoms with Crippen LogP contribution in [0.2, 0.25) is 0 Å². The summed E-state index contributed by atoms with van der Waals surface area (Å²) in [6, 6.07) is 9.88. The topological polar surface area (TPSA) is 86.9 Å². The summed E-state index contributed by atoms with van der Waals surface area (Å²) >= 11 is 1.33. The Morgan fingerprint density at radius 2 is 2.03 bits per heavy atom. The van der Waals surface area contributed by atoms with Gasteiger partial charge in [0.2, 0.25) is 0 Å². The molecule has 0 amide bonds. The van der Waals surface area contributed by atoms with Gasteiger partial charge in [-0.25, -0.2) is 19.0 Å². The van der Waals surface area contributed by atoms with Gasteiger partial charge in [0.15, 0.2) is 5.13 Å². The lowest BCUT2D eigenvalue weighted by molar-refractivity contribution is -0.0498. The van der Waals surface area contributed by atoms with E-state index in [0.717, 1.165) is 16.1 Å². The maximum atomic E-state index is 12.8. The zero-order valence-corrected chi connectivity index (χ0v) is 18.4. The van der Waals surface area contributed by atoms with E-state index in [2.05, 4.69) is 31.7 Å². The summed E-state index contributed by atoms with van der Waals surface area (Å²) in [6.45, 7) is 3.80. The zero-order chi connectivity index (χ0) is 23.4. The number of aryl methyl sites for hydroxylation is 1. The Hall–Kier alpha value is -3.86. The van der Waals surface area contributed by atoms with E-state index in [4.69, 9.17) is 0 Å². The lowest BCUT2D eigenvalue weighted by atomic mass is 10.2. The summed E-state index contributed by atoms with van der Waals surface area (Å²) in [5, 5.41) is 7.89. The Bertz CT molecular complexity index is 1300. The van der Waals surface area contributed by atoms with E-state index in [1.54, 1.807) is 24.5 Å². The number of ether oxygens (including phenoxy) is 1. The van der Waals surface area contributed by atoms with Crippen molar-refractivity contribution < 1.29 is 13.5 Å². The van der Waals surface area contributed by atoms with Gasteiger partial charge in [-0.1, -0.05) is 36.1 Å². The van der Waals surface area contributed by atoms with Crippen LogP contribution in [-0.2, 0) is 13.1 Å². The van der Waals surface area contributed by atoms with Crippen molar-refractivity contribution in [3.63, 3.8) is 0 Å². The smallest absolute Gasteiger partial charge is 0.387 e. The molecule has 4 rings (SSSR count). The molecule has 0 saturated heterocycles. The first kappa shape index (κ1) is 22.3. The highest BCUT2D eigenvalue weighted by molar-refractivity contribution is 7.15. The Labute approximate surface area is 191 Å². The summed E-state index contributed by atoms with van der Waals surface area (Å²) in [6.07, 6.45) is 4.90. The van der Waals surface area contributed by atoms with Crippen LogP contribution >= 0.6 is 11.3 Å². The minimum Gasteiger partial charge on any atom is -0.435 e. The van der Waals surface area contributed by atoms with Gasteiger partial charge in [0, 0.05) is 24.6 Å². The second-order valence-electron chi connectivity index (χ2n) is 7.07. The van der Waals surface area contributed by atoms with Gasteiger partial charge in [-0.2, -0.15) is 13.9 Å². The Kier molecular flexibility index (Phi) is 6.59. The molecule has 0 saturated carbocycles. The molecule has 4 aromatic rings. The van der Waals surface area contributed by atoms with Crippen molar-refractivity contribution in [3.05, 3.63) is 93.9 Å². The van der Waals surface area contributed by atoms with E-state index in [1.165, 1.54) is 39.0 Å². The quantitative estimate of drug-likeness (QED) is 0.402. The summed E-state index contributed by atoms with van der Waals surface area (Å²) in [5.41, 5.74) is 2.82. The molecule has 33 heavy (non-hydrogen) atoms. The van der Waals surface area contributed by atoms with Crippen molar-refractivity contribution >= 4 is 17.0 Å². The van der Waals surface area contributed by atoms with Gasteiger partial charge >= 0.3 is 12.3 Å². The number of halogens is 2. The second kappa shape index (κ2) is 9.74. The van der Waals surface area contributed by atoms with Gasteiger partial charge in [-0.3, -0.25) is 4.98 Å². The average molecular weight is 471 g/mol. The summed E-state index contributed by atoms with van der Waals surface area (Å²) in [5.74, 6) is 0.0507. The molecule has 8 nitrogen and oxygen atoms in total. The highest BCUT2D eigenvalue weighted by Crippen LogP contribution is 2.25. The third-order valence-corrected chi connectivity index (χ3v) is 5.92. The van der Waals surface area contributed by atoms with E-state index in [9.17, 15) is 13.6 Å². The number of alkyl halides is 2. The van der Waals surface area contributed by atoms with Crippen molar-refractivity contribution in [2.75, 3.05) is 0 Å². The van der Waals surface area contributed by atoms with E-state index < -0.39 is 6.61 Å². The van der Waals surface area contributed by atoms with Crippen molar-refractivity contribution in [2.45, 2.75) is 26.6 Å². The fourth-order valence-electron chi connectivity index (χ4n) is 3.08. The van der Waals surface area contributed by atoms with Gasteiger partial charge in [-0.05, 0) is 36.2 Å². The van der Waals surface area contributed by atoms with Crippen LogP contribution in [0.1, 0.15) is 21.7 Å². The number of hydrogen-bond donors (Lipinski definition) is 1. The summed E-state index contributed by atoms with van der Waals surface area (Å²) in [7, 11) is 0. The molecule has 1 N–H and O–H groups in total. The average Bonchev–Trinajstić information content (AvgIpc) is 3.36. The maximum Gasteiger partial charge on any atom is 0.387 e. The normalized spacial score (nSPS) is 11.0. The zero-order valence-electron chi connectivity index (χ0n) is 17.6. The molecular weight excluding hydrogens is 450 g/mol. The fraction of sp³-hybridized carbons (Fsp3) is 0.182. The largest absolute Gasteiger partial charge is 0.435 e. The number of rotatable bonds is 9. The highest BCUT2D eigenvalue weighted by Gasteiger charge is 2.16. The Morgan fingerprint density at radius 3 is 2.73 bits per heavy atom. The molecule has 0 radical (unpaired) electrons. The van der Waals surface area contributed by atoms with Gasteiger partial charge < -0.3 is 10.1 Å². The molecule has 0 aliphatic rings. The number of hydrogen-bond acceptors (Lipinski definition) is 7. The molecule has 0 aliphatic carbocycles. The minimum absolute atomic E-state index is 0.0507. The first-order valence-corrected chi connectivity index (χ1v) is 10.7. The third kappa shape index (κ3) is 5.32. The molecule has 3 heterocycles. The van der Waals surface area contributed by atoms with Crippen LogP contribution in [0, 0.1) is 6.92 Å². The monoisotopic (exact) mass is 470 g/mol. The van der Waals surface area contributed by atoms with E-state index in [-0.39, 0.29) is 18.0 Å². The molecule has 0 aliphatic heterocycles. The highest BCUT2D eigenvalue weighted by atomic mass is 32.1. The number of benzene rings is 1. The van der Waals surface area contributed by atoms with Crippen LogP contribution in [0.25, 0.3) is 10.8 Å². The van der Waals surface area contributed by atoms with Crippen LogP contribution in [0.3, 0.4) is 0 Å². The molecule has 0 bridgehead atoms. The van der Waals surface area contributed by atoms with E-state index >= 15 is 0 Å². The van der Waals surface area contributed by atoms with Crippen molar-refractivity contribution in [1.82, 2.24) is 29.6 Å². The van der Waals surface area contributed by atoms with Gasteiger partial charge in [-0.15, -0.1) is 0 Å². The standard InChI is InChI=1S/C22H20F2N6O2S/c1-14(26-11-17-4-3-9-25-10-17)19-15(2)28-21(33-19)29-13-27-30(22(29)31)12-16-5-7-18(8-6-16)32-20(23)24/h3-10,13,20,26H,1,11-12H2,2H3. The van der Waals surface area contributed by atoms with Crippen molar-refractivity contribution in [2.24, 2.45) is 0 Å². The van der Waals surface area contributed by atoms with Crippen LogP contribution in [0.5, 0.6) is 5.75 Å². The van der Waals surface area contributed by atoms with Crippen LogP contribution < -0.4 is 15.7 Å². The van der Waals surface area contributed by atoms with Gasteiger partial charge in [0.1, 0.15) is 12.1 Å². The van der Waals surface area contributed by atoms with Gasteiger partial charge in [0.05, 0.1) is 17.1 Å². The van der Waals surface area contributed by atoms with Crippen molar-refractivity contribution in [3.8, 4) is 10.9 Å². The van der Waals surface area contributed by atoms with Crippen LogP contribution in [0.15, 0.2) is 66.5 Å². The molecule has 3 aromatic heterocycles. The predicted molar refractivity (Wildman–Crippen MR) is 121 cm³/mol. The molecule has 0 atom stereocenters. The maximum absolute atomic E-state index is 12.8.